The fraction of sp³-hybridized carbons (Fsp3) is 0.550. The fourth-order valence-corrected chi connectivity index (χ4v) is 8.44. The summed E-state index contributed by atoms with van der Waals surface area (Å²) in [6.07, 6.45) is 7.40. The van der Waals surface area contributed by atoms with Crippen LogP contribution in [0.2, 0.25) is 5.02 Å². The van der Waals surface area contributed by atoms with Gasteiger partial charge in [0.25, 0.3) is 5.91 Å². The van der Waals surface area contributed by atoms with E-state index in [1.54, 1.807) is 25.1 Å². The van der Waals surface area contributed by atoms with Gasteiger partial charge in [0.1, 0.15) is 12.1 Å². The van der Waals surface area contributed by atoms with Gasteiger partial charge < -0.3 is 25.7 Å². The summed E-state index contributed by atoms with van der Waals surface area (Å²) in [4.78, 5) is 76.8. The second-order valence-electron chi connectivity index (χ2n) is 16.4. The van der Waals surface area contributed by atoms with E-state index in [1.165, 1.54) is 29.2 Å². The number of likely N-dealkylation sites (tertiary alicyclic amines) is 1. The topological polar surface area (TPSA) is 192 Å². The number of benzene rings is 2. The zero-order valence-corrected chi connectivity index (χ0v) is 34.2. The number of sulfonamides is 1. The number of ketones is 1. The van der Waals surface area contributed by atoms with E-state index in [-0.39, 0.29) is 49.0 Å². The Morgan fingerprint density at radius 2 is 1.70 bits per heavy atom. The van der Waals surface area contributed by atoms with Gasteiger partial charge in [0.15, 0.2) is 5.60 Å². The van der Waals surface area contributed by atoms with Gasteiger partial charge in [-0.15, -0.1) is 0 Å². The summed E-state index contributed by atoms with van der Waals surface area (Å²) in [5.41, 5.74) is -0.133. The van der Waals surface area contributed by atoms with Crippen LogP contribution in [0.5, 0.6) is 0 Å². The average Bonchev–Trinajstić information content (AvgIpc) is 3.72. The van der Waals surface area contributed by atoms with Crippen LogP contribution in [0.15, 0.2) is 53.7 Å². The van der Waals surface area contributed by atoms with Crippen molar-refractivity contribution in [1.29, 1.82) is 0 Å². The van der Waals surface area contributed by atoms with E-state index < -0.39 is 62.7 Å². The minimum atomic E-state index is -3.59. The maximum atomic E-state index is 14.7. The van der Waals surface area contributed by atoms with Crippen LogP contribution in [0, 0.1) is 11.3 Å². The Hall–Kier alpha value is -4.50. The molecule has 2 aliphatic heterocycles. The van der Waals surface area contributed by atoms with Crippen molar-refractivity contribution in [1.82, 2.24) is 15.5 Å². The zero-order valence-electron chi connectivity index (χ0n) is 32.7. The van der Waals surface area contributed by atoms with Crippen molar-refractivity contribution in [2.75, 3.05) is 22.8 Å². The molecule has 0 unspecified atom stereocenters. The van der Waals surface area contributed by atoms with Gasteiger partial charge >= 0.3 is 0 Å². The number of oxime groups is 1. The number of hydrogen-bond donors (Lipinski definition) is 4. The van der Waals surface area contributed by atoms with Gasteiger partial charge in [-0.1, -0.05) is 88.3 Å². The maximum absolute atomic E-state index is 14.7. The lowest BCUT2D eigenvalue weighted by Gasteiger charge is -2.36. The molecule has 4 N–H and O–H groups in total. The van der Waals surface area contributed by atoms with Crippen LogP contribution in [0.1, 0.15) is 97.5 Å². The Balaban J connectivity index is 1.38. The molecule has 304 valence electrons. The highest BCUT2D eigenvalue weighted by atomic mass is 35.5. The number of nitrogens with zero attached hydrogens (tertiary/aromatic N) is 2. The number of carbonyl (C=O) groups is 5. The molecule has 2 fully saturated rings. The van der Waals surface area contributed by atoms with Crippen molar-refractivity contribution in [2.45, 2.75) is 116 Å². The first-order valence-corrected chi connectivity index (χ1v) is 21.5. The summed E-state index contributed by atoms with van der Waals surface area (Å²) in [7, 11) is -3.59. The van der Waals surface area contributed by atoms with Crippen LogP contribution in [0.25, 0.3) is 0 Å². The second-order valence-corrected chi connectivity index (χ2v) is 18.6. The molecule has 0 aromatic heterocycles. The van der Waals surface area contributed by atoms with Crippen LogP contribution in [-0.4, -0.2) is 85.0 Å². The lowest BCUT2D eigenvalue weighted by atomic mass is 9.84. The van der Waals surface area contributed by atoms with Gasteiger partial charge in [0.2, 0.25) is 33.5 Å². The summed E-state index contributed by atoms with van der Waals surface area (Å²) < 4.78 is 25.7. The Morgan fingerprint density at radius 1 is 1.00 bits per heavy atom. The predicted molar refractivity (Wildman–Crippen MR) is 215 cm³/mol. The van der Waals surface area contributed by atoms with Crippen molar-refractivity contribution in [3.8, 4) is 0 Å². The molecule has 3 aliphatic rings. The molecular weight excluding hydrogens is 760 g/mol. The molecule has 56 heavy (non-hydrogen) atoms. The minimum absolute atomic E-state index is 0.0205. The molecule has 4 atom stereocenters. The quantitative estimate of drug-likeness (QED) is 0.188. The highest BCUT2D eigenvalue weighted by Gasteiger charge is 2.55. The third-order valence-corrected chi connectivity index (χ3v) is 11.3. The Morgan fingerprint density at radius 3 is 2.36 bits per heavy atom. The first-order chi connectivity index (χ1) is 26.4. The lowest BCUT2D eigenvalue weighted by molar-refractivity contribution is -0.145. The largest absolute Gasteiger partial charge is 0.387 e. The van der Waals surface area contributed by atoms with E-state index in [4.69, 9.17) is 16.4 Å². The van der Waals surface area contributed by atoms with Crippen LogP contribution in [0.3, 0.4) is 0 Å². The van der Waals surface area contributed by atoms with Crippen molar-refractivity contribution in [3.63, 3.8) is 0 Å². The molecule has 2 heterocycles. The Labute approximate surface area is 333 Å². The van der Waals surface area contributed by atoms with Crippen molar-refractivity contribution < 1.29 is 37.2 Å². The van der Waals surface area contributed by atoms with E-state index in [0.717, 1.165) is 43.9 Å². The molecule has 0 bridgehead atoms. The molecule has 2 aromatic rings. The van der Waals surface area contributed by atoms with E-state index in [9.17, 15) is 32.4 Å². The summed E-state index contributed by atoms with van der Waals surface area (Å²) in [5.74, 6) is -3.02. The van der Waals surface area contributed by atoms with Gasteiger partial charge in [-0.3, -0.25) is 28.7 Å². The molecule has 0 radical (unpaired) electrons. The average molecular weight is 813 g/mol. The number of carbonyl (C=O) groups excluding carboxylic acids is 5. The molecule has 14 nitrogen and oxygen atoms in total. The normalized spacial score (nSPS) is 21.1. The minimum Gasteiger partial charge on any atom is -0.387 e. The van der Waals surface area contributed by atoms with E-state index in [1.807, 2.05) is 26.8 Å². The SMILES string of the molecule is CCC[C@H](NC(=O)[C@@H]1C[C@]2(CC(c3cccc(Cl)c3)=NO2)CN1C(=O)[C@@H](NC(=O)CC1CCCCC1)C(C)(C)C)C(=O)C(=O)Nc1cccc(NS(C)(=O)=O)c1. The van der Waals surface area contributed by atoms with Crippen LogP contribution in [0.4, 0.5) is 11.4 Å². The van der Waals surface area contributed by atoms with Crippen LogP contribution in [-0.2, 0) is 38.8 Å². The summed E-state index contributed by atoms with van der Waals surface area (Å²) >= 11 is 6.26. The monoisotopic (exact) mass is 812 g/mol. The Kier molecular flexibility index (Phi) is 13.5. The van der Waals surface area contributed by atoms with Gasteiger partial charge in [-0.2, -0.15) is 0 Å². The number of hydrogen-bond acceptors (Lipinski definition) is 9. The molecule has 5 rings (SSSR count). The molecule has 1 saturated heterocycles. The highest BCUT2D eigenvalue weighted by molar-refractivity contribution is 7.92. The van der Waals surface area contributed by atoms with Gasteiger partial charge in [0, 0.05) is 35.5 Å². The number of rotatable bonds is 14. The number of amides is 4. The van der Waals surface area contributed by atoms with Gasteiger partial charge in [-0.25, -0.2) is 8.42 Å². The molecular formula is C40H53ClN6O8S. The van der Waals surface area contributed by atoms with E-state index >= 15 is 0 Å². The van der Waals surface area contributed by atoms with Crippen LogP contribution < -0.4 is 20.7 Å². The molecule has 1 aliphatic carbocycles. The Bertz CT molecular complexity index is 1960. The molecule has 1 spiro atoms. The summed E-state index contributed by atoms with van der Waals surface area (Å²) in [6.45, 7) is 7.34. The highest BCUT2D eigenvalue weighted by Crippen LogP contribution is 2.40. The smallest absolute Gasteiger partial charge is 0.293 e. The first-order valence-electron chi connectivity index (χ1n) is 19.2. The third-order valence-electron chi connectivity index (χ3n) is 10.5. The fourth-order valence-electron chi connectivity index (χ4n) is 7.69. The zero-order chi connectivity index (χ0) is 40.8. The number of Topliss-reactive ketones (excluding diaryl/α,β-unsaturated/α-hetero) is 1. The second kappa shape index (κ2) is 17.7. The summed E-state index contributed by atoms with van der Waals surface area (Å²) in [5, 5.41) is 13.1. The molecule has 4 amide bonds. The standard InChI is InChI=1S/C40H53ClN6O8S/c1-6-12-30(34(49)37(51)42-28-17-11-18-29(21-28)46-56(5,53)54)43-36(50)32-23-40(22-31(45-55-40)26-15-10-16-27(41)20-26)24-47(32)38(52)35(39(2,3)4)44-33(48)19-25-13-8-7-9-14-25/h10-11,15-18,20-21,25,30,32,35,46H,6-9,12-14,19,22-24H2,1-5H3,(H,42,51)(H,43,50)(H,44,48)/t30-,32-,35+,40+/m0/s1. The van der Waals surface area contributed by atoms with Crippen LogP contribution >= 0.6 is 11.6 Å². The van der Waals surface area contributed by atoms with E-state index in [0.29, 0.717) is 23.6 Å². The first kappa shape index (κ1) is 42.6. The maximum Gasteiger partial charge on any atom is 0.293 e. The third kappa shape index (κ3) is 11.1. The van der Waals surface area contributed by atoms with Crippen molar-refractivity contribution >= 4 is 68.1 Å². The number of halogens is 1. The predicted octanol–water partition coefficient (Wildman–Crippen LogP) is 5.17. The molecule has 1 saturated carbocycles. The lowest BCUT2D eigenvalue weighted by Crippen LogP contribution is -2.59. The van der Waals surface area contributed by atoms with Crippen molar-refractivity contribution in [2.24, 2.45) is 16.5 Å². The van der Waals surface area contributed by atoms with Gasteiger partial charge in [0.05, 0.1) is 30.2 Å². The van der Waals surface area contributed by atoms with Gasteiger partial charge in [-0.05, 0) is 60.9 Å². The number of nitrogens with one attached hydrogen (secondary N) is 4. The summed E-state index contributed by atoms with van der Waals surface area (Å²) in [6, 6.07) is 9.63. The molecule has 2 aromatic carbocycles. The van der Waals surface area contributed by atoms with Crippen molar-refractivity contribution in [3.05, 3.63) is 59.1 Å². The molecule has 16 heteroatoms. The number of anilines is 2. The van der Waals surface area contributed by atoms with E-state index in [2.05, 4.69) is 25.8 Å².